The smallest absolute Gasteiger partial charge is 0.213 e. The van der Waals surface area contributed by atoms with Gasteiger partial charge in [0.25, 0.3) is 0 Å². The Labute approximate surface area is 111 Å². The maximum atomic E-state index is 11.9. The van der Waals surface area contributed by atoms with Gasteiger partial charge in [-0.3, -0.25) is 4.90 Å². The fourth-order valence-corrected chi connectivity index (χ4v) is 3.63. The van der Waals surface area contributed by atoms with Crippen LogP contribution in [0.5, 0.6) is 0 Å². The molecular formula is C12H27N3O2S. The first kappa shape index (κ1) is 15.9. The van der Waals surface area contributed by atoms with Crippen LogP contribution in [-0.4, -0.2) is 57.8 Å². The highest BCUT2D eigenvalue weighted by atomic mass is 32.2. The minimum absolute atomic E-state index is 0.0259. The first-order chi connectivity index (χ1) is 8.39. The van der Waals surface area contributed by atoms with E-state index >= 15 is 0 Å². The highest BCUT2D eigenvalue weighted by molar-refractivity contribution is 7.89. The van der Waals surface area contributed by atoms with E-state index in [1.165, 1.54) is 0 Å². The molecule has 0 saturated carbocycles. The quantitative estimate of drug-likeness (QED) is 0.700. The van der Waals surface area contributed by atoms with Gasteiger partial charge in [-0.25, -0.2) is 13.1 Å². The van der Waals surface area contributed by atoms with Gasteiger partial charge in [0, 0.05) is 38.8 Å². The molecule has 1 unspecified atom stereocenters. The molecule has 1 atom stereocenters. The van der Waals surface area contributed by atoms with Crippen molar-refractivity contribution in [2.45, 2.75) is 33.2 Å². The van der Waals surface area contributed by atoms with Crippen LogP contribution in [0.3, 0.4) is 0 Å². The lowest BCUT2D eigenvalue weighted by Crippen LogP contribution is -2.46. The lowest BCUT2D eigenvalue weighted by Gasteiger charge is -2.27. The molecule has 18 heavy (non-hydrogen) atoms. The third-order valence-electron chi connectivity index (χ3n) is 3.09. The van der Waals surface area contributed by atoms with Crippen LogP contribution in [0.15, 0.2) is 0 Å². The van der Waals surface area contributed by atoms with Crippen LogP contribution in [0.2, 0.25) is 0 Å². The zero-order valence-electron chi connectivity index (χ0n) is 11.8. The predicted octanol–water partition coefficient (Wildman–Crippen LogP) is 0.246. The van der Waals surface area contributed by atoms with Crippen molar-refractivity contribution in [3.05, 3.63) is 0 Å². The van der Waals surface area contributed by atoms with E-state index in [1.807, 2.05) is 6.92 Å². The zero-order chi connectivity index (χ0) is 13.6. The van der Waals surface area contributed by atoms with Gasteiger partial charge in [-0.2, -0.15) is 0 Å². The van der Waals surface area contributed by atoms with E-state index in [4.69, 9.17) is 0 Å². The lowest BCUT2D eigenvalue weighted by atomic mass is 10.1. The number of piperazine rings is 1. The third kappa shape index (κ3) is 6.68. The molecule has 2 N–H and O–H groups in total. The molecule has 0 aromatic carbocycles. The molecule has 0 spiro atoms. The van der Waals surface area contributed by atoms with Crippen LogP contribution >= 0.6 is 0 Å². The van der Waals surface area contributed by atoms with Gasteiger partial charge in [-0.15, -0.1) is 0 Å². The summed E-state index contributed by atoms with van der Waals surface area (Å²) in [5.74, 6) is 0.714. The Morgan fingerprint density at radius 2 is 1.83 bits per heavy atom. The molecule has 108 valence electrons. The van der Waals surface area contributed by atoms with E-state index in [2.05, 4.69) is 28.8 Å². The molecule has 1 aliphatic heterocycles. The normalized spacial score (nSPS) is 20.2. The van der Waals surface area contributed by atoms with Gasteiger partial charge >= 0.3 is 0 Å². The molecule has 0 radical (unpaired) electrons. The Morgan fingerprint density at radius 3 is 2.39 bits per heavy atom. The van der Waals surface area contributed by atoms with Gasteiger partial charge < -0.3 is 5.32 Å². The van der Waals surface area contributed by atoms with Crippen molar-refractivity contribution in [2.24, 2.45) is 5.92 Å². The number of hydrogen-bond acceptors (Lipinski definition) is 4. The SMILES string of the molecule is CC(C)CC(C)NS(=O)(=O)CCN1CCNCC1. The van der Waals surface area contributed by atoms with E-state index in [1.54, 1.807) is 0 Å². The van der Waals surface area contributed by atoms with E-state index in [-0.39, 0.29) is 11.8 Å². The summed E-state index contributed by atoms with van der Waals surface area (Å²) in [5.41, 5.74) is 0. The molecule has 0 bridgehead atoms. The van der Waals surface area contributed by atoms with Gasteiger partial charge in [0.15, 0.2) is 0 Å². The maximum absolute atomic E-state index is 11.9. The molecule has 1 fully saturated rings. The van der Waals surface area contributed by atoms with Crippen molar-refractivity contribution in [3.8, 4) is 0 Å². The van der Waals surface area contributed by atoms with E-state index < -0.39 is 10.0 Å². The zero-order valence-corrected chi connectivity index (χ0v) is 12.6. The Hall–Kier alpha value is -0.170. The Balaban J connectivity index is 2.30. The van der Waals surface area contributed by atoms with Crippen LogP contribution < -0.4 is 10.0 Å². The number of rotatable bonds is 7. The van der Waals surface area contributed by atoms with Gasteiger partial charge in [-0.1, -0.05) is 13.8 Å². The van der Waals surface area contributed by atoms with Crippen LogP contribution in [0, 0.1) is 5.92 Å². The minimum Gasteiger partial charge on any atom is -0.314 e. The third-order valence-corrected chi connectivity index (χ3v) is 4.57. The molecule has 0 aromatic heterocycles. The molecule has 1 saturated heterocycles. The Bertz CT molecular complexity index is 324. The Morgan fingerprint density at radius 1 is 1.22 bits per heavy atom. The average molecular weight is 277 g/mol. The highest BCUT2D eigenvalue weighted by Gasteiger charge is 2.17. The Kier molecular flexibility index (Phi) is 6.55. The molecule has 1 heterocycles. The molecule has 1 aliphatic rings. The number of hydrogen-bond donors (Lipinski definition) is 2. The summed E-state index contributed by atoms with van der Waals surface area (Å²) in [6, 6.07) is 0.0259. The van der Waals surface area contributed by atoms with E-state index in [9.17, 15) is 8.42 Å². The van der Waals surface area contributed by atoms with E-state index in [0.717, 1.165) is 32.6 Å². The van der Waals surface area contributed by atoms with Crippen molar-refractivity contribution < 1.29 is 8.42 Å². The largest absolute Gasteiger partial charge is 0.314 e. The monoisotopic (exact) mass is 277 g/mol. The summed E-state index contributed by atoms with van der Waals surface area (Å²) in [5, 5.41) is 3.26. The van der Waals surface area contributed by atoms with Gasteiger partial charge in [-0.05, 0) is 19.3 Å². The molecular weight excluding hydrogens is 250 g/mol. The number of sulfonamides is 1. The summed E-state index contributed by atoms with van der Waals surface area (Å²) in [6.07, 6.45) is 0.882. The summed E-state index contributed by atoms with van der Waals surface area (Å²) in [4.78, 5) is 2.20. The van der Waals surface area contributed by atoms with Gasteiger partial charge in [0.2, 0.25) is 10.0 Å². The van der Waals surface area contributed by atoms with Gasteiger partial charge in [0.1, 0.15) is 0 Å². The fourth-order valence-electron chi connectivity index (χ4n) is 2.30. The minimum atomic E-state index is -3.14. The average Bonchev–Trinajstić information content (AvgIpc) is 2.26. The van der Waals surface area contributed by atoms with Gasteiger partial charge in [0.05, 0.1) is 5.75 Å². The molecule has 1 rings (SSSR count). The number of nitrogens with one attached hydrogen (secondary N) is 2. The van der Waals surface area contributed by atoms with Crippen LogP contribution in [0.25, 0.3) is 0 Å². The lowest BCUT2D eigenvalue weighted by molar-refractivity contribution is 0.253. The summed E-state index contributed by atoms with van der Waals surface area (Å²) in [7, 11) is -3.14. The maximum Gasteiger partial charge on any atom is 0.213 e. The molecule has 0 aromatic rings. The summed E-state index contributed by atoms with van der Waals surface area (Å²) >= 11 is 0. The first-order valence-electron chi connectivity index (χ1n) is 6.82. The molecule has 5 nitrogen and oxygen atoms in total. The van der Waals surface area contributed by atoms with Crippen molar-refractivity contribution >= 4 is 10.0 Å². The predicted molar refractivity (Wildman–Crippen MR) is 75.1 cm³/mol. The summed E-state index contributed by atoms with van der Waals surface area (Å²) < 4.78 is 26.6. The molecule has 6 heteroatoms. The van der Waals surface area contributed by atoms with Crippen molar-refractivity contribution in [1.82, 2.24) is 14.9 Å². The second-order valence-electron chi connectivity index (χ2n) is 5.56. The fraction of sp³-hybridized carbons (Fsp3) is 1.00. The molecule has 0 amide bonds. The number of nitrogens with zero attached hydrogens (tertiary/aromatic N) is 1. The highest BCUT2D eigenvalue weighted by Crippen LogP contribution is 2.05. The second kappa shape index (κ2) is 7.43. The van der Waals surface area contributed by atoms with Crippen molar-refractivity contribution in [2.75, 3.05) is 38.5 Å². The standard InChI is InChI=1S/C12H27N3O2S/c1-11(2)10-12(3)14-18(16,17)9-8-15-6-4-13-5-7-15/h11-14H,4-10H2,1-3H3. The van der Waals surface area contributed by atoms with Crippen LogP contribution in [0.4, 0.5) is 0 Å². The summed E-state index contributed by atoms with van der Waals surface area (Å²) in [6.45, 7) is 10.6. The van der Waals surface area contributed by atoms with E-state index in [0.29, 0.717) is 12.5 Å². The van der Waals surface area contributed by atoms with Crippen LogP contribution in [0.1, 0.15) is 27.2 Å². The second-order valence-corrected chi connectivity index (χ2v) is 7.43. The first-order valence-corrected chi connectivity index (χ1v) is 8.47. The van der Waals surface area contributed by atoms with Crippen LogP contribution in [-0.2, 0) is 10.0 Å². The van der Waals surface area contributed by atoms with Crippen molar-refractivity contribution in [3.63, 3.8) is 0 Å². The molecule has 0 aliphatic carbocycles. The van der Waals surface area contributed by atoms with Crippen molar-refractivity contribution in [1.29, 1.82) is 0 Å². The topological polar surface area (TPSA) is 61.4 Å².